The second kappa shape index (κ2) is 4.81. The van der Waals surface area contributed by atoms with E-state index in [1.54, 1.807) is 4.90 Å². The molecule has 3 N–H and O–H groups in total. The van der Waals surface area contributed by atoms with Crippen molar-refractivity contribution in [1.29, 1.82) is 0 Å². The highest BCUT2D eigenvalue weighted by Gasteiger charge is 2.27. The van der Waals surface area contributed by atoms with Gasteiger partial charge in [0.1, 0.15) is 18.2 Å². The van der Waals surface area contributed by atoms with Crippen LogP contribution in [0, 0.1) is 0 Å². The van der Waals surface area contributed by atoms with E-state index in [1.165, 1.54) is 0 Å². The van der Waals surface area contributed by atoms with Gasteiger partial charge in [-0.05, 0) is 20.8 Å². The van der Waals surface area contributed by atoms with Gasteiger partial charge in [0, 0.05) is 6.54 Å². The van der Waals surface area contributed by atoms with E-state index >= 15 is 0 Å². The summed E-state index contributed by atoms with van der Waals surface area (Å²) in [5.74, 6) is 0. The third kappa shape index (κ3) is 4.05. The highest BCUT2D eigenvalue weighted by atomic mass is 16.6. The normalized spacial score (nSPS) is 22.7. The second-order valence-corrected chi connectivity index (χ2v) is 4.71. The number of hydrogen-bond acceptors (Lipinski definition) is 3. The van der Waals surface area contributed by atoms with Gasteiger partial charge in [-0.3, -0.25) is 0 Å². The SMILES string of the molecule is CC(C)(C)OC(=O)N1CCO[C@@H](C[NH3+])C1. The van der Waals surface area contributed by atoms with E-state index < -0.39 is 5.60 Å². The summed E-state index contributed by atoms with van der Waals surface area (Å²) in [6, 6.07) is 0. The number of morpholine rings is 1. The molecule has 5 nitrogen and oxygen atoms in total. The lowest BCUT2D eigenvalue weighted by atomic mass is 10.2. The number of quaternary nitrogens is 1. The quantitative estimate of drug-likeness (QED) is 0.665. The molecule has 0 radical (unpaired) electrons. The Kier molecular flexibility index (Phi) is 3.93. The van der Waals surface area contributed by atoms with Crippen molar-refractivity contribution in [2.45, 2.75) is 32.5 Å². The number of nitrogens with zero attached hydrogens (tertiary/aromatic N) is 1. The molecule has 1 saturated heterocycles. The average Bonchev–Trinajstić information content (AvgIpc) is 2.15. The highest BCUT2D eigenvalue weighted by Crippen LogP contribution is 2.12. The predicted octanol–water partition coefficient (Wildman–Crippen LogP) is -0.136. The zero-order valence-electron chi connectivity index (χ0n) is 9.78. The van der Waals surface area contributed by atoms with Crippen molar-refractivity contribution in [2.24, 2.45) is 0 Å². The molecule has 0 spiro atoms. The van der Waals surface area contributed by atoms with Crippen LogP contribution in [0.5, 0.6) is 0 Å². The molecule has 1 fully saturated rings. The van der Waals surface area contributed by atoms with Crippen molar-refractivity contribution in [3.63, 3.8) is 0 Å². The highest BCUT2D eigenvalue weighted by molar-refractivity contribution is 5.68. The van der Waals surface area contributed by atoms with Crippen LogP contribution >= 0.6 is 0 Å². The Morgan fingerprint density at radius 3 is 2.80 bits per heavy atom. The molecule has 1 aliphatic rings. The fourth-order valence-electron chi connectivity index (χ4n) is 1.39. The van der Waals surface area contributed by atoms with Crippen molar-refractivity contribution in [3.05, 3.63) is 0 Å². The Morgan fingerprint density at radius 2 is 2.27 bits per heavy atom. The fraction of sp³-hybridized carbons (Fsp3) is 0.900. The number of carbonyl (C=O) groups is 1. The average molecular weight is 217 g/mol. The first-order chi connectivity index (χ1) is 6.92. The molecular formula is C10H21N2O3+. The summed E-state index contributed by atoms with van der Waals surface area (Å²) >= 11 is 0. The van der Waals surface area contributed by atoms with Crippen molar-refractivity contribution in [3.8, 4) is 0 Å². The molecule has 1 amide bonds. The molecule has 1 heterocycles. The maximum absolute atomic E-state index is 11.7. The van der Waals surface area contributed by atoms with Gasteiger partial charge in [-0.1, -0.05) is 0 Å². The zero-order valence-corrected chi connectivity index (χ0v) is 9.78. The van der Waals surface area contributed by atoms with Gasteiger partial charge in [-0.15, -0.1) is 0 Å². The van der Waals surface area contributed by atoms with Crippen LogP contribution in [-0.4, -0.2) is 48.9 Å². The molecule has 0 unspecified atom stereocenters. The first-order valence-corrected chi connectivity index (χ1v) is 5.31. The van der Waals surface area contributed by atoms with Crippen LogP contribution in [0.4, 0.5) is 4.79 Å². The number of amides is 1. The molecule has 0 aromatic heterocycles. The minimum Gasteiger partial charge on any atom is -0.444 e. The van der Waals surface area contributed by atoms with Gasteiger partial charge >= 0.3 is 6.09 Å². The molecule has 0 aliphatic carbocycles. The largest absolute Gasteiger partial charge is 0.444 e. The third-order valence-corrected chi connectivity index (χ3v) is 2.11. The third-order valence-electron chi connectivity index (χ3n) is 2.11. The van der Waals surface area contributed by atoms with E-state index in [4.69, 9.17) is 9.47 Å². The summed E-state index contributed by atoms with van der Waals surface area (Å²) in [6.07, 6.45) is -0.212. The van der Waals surface area contributed by atoms with Crippen LogP contribution in [0.25, 0.3) is 0 Å². The number of ether oxygens (including phenoxy) is 2. The Balaban J connectivity index is 2.45. The molecule has 88 valence electrons. The first-order valence-electron chi connectivity index (χ1n) is 5.31. The number of hydrogen-bond donors (Lipinski definition) is 1. The van der Waals surface area contributed by atoms with Crippen LogP contribution in [0.3, 0.4) is 0 Å². The Morgan fingerprint density at radius 1 is 1.60 bits per heavy atom. The minimum absolute atomic E-state index is 0.0475. The number of carbonyl (C=O) groups excluding carboxylic acids is 1. The van der Waals surface area contributed by atoms with E-state index in [9.17, 15) is 4.79 Å². The van der Waals surface area contributed by atoms with Crippen LogP contribution < -0.4 is 5.73 Å². The van der Waals surface area contributed by atoms with Crippen LogP contribution in [0.15, 0.2) is 0 Å². The van der Waals surface area contributed by atoms with Crippen molar-refractivity contribution in [2.75, 3.05) is 26.2 Å². The van der Waals surface area contributed by atoms with Crippen molar-refractivity contribution in [1.82, 2.24) is 4.90 Å². The van der Waals surface area contributed by atoms with Crippen molar-refractivity contribution < 1.29 is 20.0 Å². The van der Waals surface area contributed by atoms with Gasteiger partial charge in [0.15, 0.2) is 0 Å². The second-order valence-electron chi connectivity index (χ2n) is 4.71. The lowest BCUT2D eigenvalue weighted by molar-refractivity contribution is -0.388. The summed E-state index contributed by atoms with van der Waals surface area (Å²) in [7, 11) is 0. The molecule has 0 aromatic carbocycles. The van der Waals surface area contributed by atoms with Crippen molar-refractivity contribution >= 4 is 6.09 Å². The van der Waals surface area contributed by atoms with Gasteiger partial charge in [-0.2, -0.15) is 0 Å². The minimum atomic E-state index is -0.435. The molecule has 1 atom stereocenters. The molecular weight excluding hydrogens is 196 g/mol. The van der Waals surface area contributed by atoms with Gasteiger partial charge < -0.3 is 20.1 Å². The van der Waals surface area contributed by atoms with E-state index in [2.05, 4.69) is 5.73 Å². The van der Waals surface area contributed by atoms with Gasteiger partial charge in [0.2, 0.25) is 0 Å². The van der Waals surface area contributed by atoms with Gasteiger partial charge in [-0.25, -0.2) is 4.79 Å². The molecule has 5 heteroatoms. The standard InChI is InChI=1S/C10H20N2O3/c1-10(2,3)15-9(13)12-4-5-14-8(6-11)7-12/h8H,4-7,11H2,1-3H3/p+1/t8-/m0/s1. The summed E-state index contributed by atoms with van der Waals surface area (Å²) < 4.78 is 10.7. The predicted molar refractivity (Wildman–Crippen MR) is 55.3 cm³/mol. The van der Waals surface area contributed by atoms with Crippen LogP contribution in [0.1, 0.15) is 20.8 Å². The van der Waals surface area contributed by atoms with E-state index in [-0.39, 0.29) is 12.2 Å². The van der Waals surface area contributed by atoms with Crippen LogP contribution in [-0.2, 0) is 9.47 Å². The summed E-state index contributed by atoms with van der Waals surface area (Å²) in [4.78, 5) is 13.4. The summed E-state index contributed by atoms with van der Waals surface area (Å²) in [6.45, 7) is 8.03. The molecule has 1 rings (SSSR count). The summed E-state index contributed by atoms with van der Waals surface area (Å²) in [5, 5.41) is 0. The Hall–Kier alpha value is -0.810. The monoisotopic (exact) mass is 217 g/mol. The van der Waals surface area contributed by atoms with E-state index in [0.717, 1.165) is 0 Å². The maximum atomic E-state index is 11.7. The van der Waals surface area contributed by atoms with Gasteiger partial charge in [0.05, 0.1) is 13.2 Å². The van der Waals surface area contributed by atoms with Crippen LogP contribution in [0.2, 0.25) is 0 Å². The zero-order chi connectivity index (χ0) is 11.5. The Labute approximate surface area is 90.5 Å². The lowest BCUT2D eigenvalue weighted by Gasteiger charge is -2.33. The summed E-state index contributed by atoms with van der Waals surface area (Å²) in [5.41, 5.74) is 3.34. The fourth-order valence-corrected chi connectivity index (χ4v) is 1.39. The Bertz CT molecular complexity index is 225. The molecule has 0 saturated carbocycles. The molecule has 15 heavy (non-hydrogen) atoms. The van der Waals surface area contributed by atoms with E-state index in [1.807, 2.05) is 20.8 Å². The topological polar surface area (TPSA) is 66.4 Å². The molecule has 1 aliphatic heterocycles. The van der Waals surface area contributed by atoms with Gasteiger partial charge in [0.25, 0.3) is 0 Å². The first kappa shape index (κ1) is 12.3. The molecule has 0 bridgehead atoms. The maximum Gasteiger partial charge on any atom is 0.410 e. The van der Waals surface area contributed by atoms with E-state index in [0.29, 0.717) is 26.2 Å². The smallest absolute Gasteiger partial charge is 0.410 e. The molecule has 0 aromatic rings. The lowest BCUT2D eigenvalue weighted by Crippen LogP contribution is -2.61. The number of rotatable bonds is 1.